The first-order valence-electron chi connectivity index (χ1n) is 9.61. The number of carbonyl (C=O) groups is 1. The van der Waals surface area contributed by atoms with Crippen LogP contribution in [-0.2, 0) is 17.7 Å². The summed E-state index contributed by atoms with van der Waals surface area (Å²) >= 11 is 6.27. The van der Waals surface area contributed by atoms with Gasteiger partial charge in [0.05, 0.1) is 18.4 Å². The van der Waals surface area contributed by atoms with Gasteiger partial charge in [0, 0.05) is 23.7 Å². The molecule has 0 saturated carbocycles. The molecular formula is C24H22ClNO3. The number of carbonyl (C=O) groups excluding carboxylic acids is 1. The maximum Gasteiger partial charge on any atom is 0.337 e. The second-order valence-electron chi connectivity index (χ2n) is 7.04. The number of anilines is 1. The number of ether oxygens (including phenoxy) is 2. The number of benzene rings is 3. The first-order chi connectivity index (χ1) is 14.1. The van der Waals surface area contributed by atoms with Crippen molar-refractivity contribution in [3.8, 4) is 11.5 Å². The summed E-state index contributed by atoms with van der Waals surface area (Å²) in [4.78, 5) is 13.9. The number of para-hydroxylation sites is 1. The standard InChI is InChI=1S/C24H22ClNO3/c1-28-24(27)18-10-8-17(9-11-18)5-4-14-26-16-19-6-2-3-7-22(19)29-23-13-12-20(25)15-21(23)26/h2-3,6-13,15H,4-5,14,16H2,1H3. The Morgan fingerprint density at radius 1 is 1.07 bits per heavy atom. The molecule has 4 nitrogen and oxygen atoms in total. The van der Waals surface area contributed by atoms with Crippen LogP contribution < -0.4 is 9.64 Å². The molecule has 0 bridgehead atoms. The van der Waals surface area contributed by atoms with E-state index in [1.54, 1.807) is 0 Å². The summed E-state index contributed by atoms with van der Waals surface area (Å²) in [5.74, 6) is 1.40. The third-order valence-corrected chi connectivity index (χ3v) is 5.32. The van der Waals surface area contributed by atoms with Crippen LogP contribution in [0.4, 0.5) is 5.69 Å². The highest BCUT2D eigenvalue weighted by Crippen LogP contribution is 2.40. The minimum atomic E-state index is -0.312. The first kappa shape index (κ1) is 19.3. The van der Waals surface area contributed by atoms with Crippen LogP contribution in [0, 0.1) is 0 Å². The fraction of sp³-hybridized carbons (Fsp3) is 0.208. The van der Waals surface area contributed by atoms with Crippen LogP contribution in [-0.4, -0.2) is 19.6 Å². The van der Waals surface area contributed by atoms with Crippen molar-refractivity contribution in [2.75, 3.05) is 18.6 Å². The van der Waals surface area contributed by atoms with Crippen molar-refractivity contribution in [2.45, 2.75) is 19.4 Å². The molecule has 0 N–H and O–H groups in total. The maximum absolute atomic E-state index is 11.6. The van der Waals surface area contributed by atoms with Crippen molar-refractivity contribution >= 4 is 23.3 Å². The average Bonchev–Trinajstić information content (AvgIpc) is 2.90. The van der Waals surface area contributed by atoms with Crippen LogP contribution in [0.1, 0.15) is 27.9 Å². The number of hydrogen-bond acceptors (Lipinski definition) is 4. The van der Waals surface area contributed by atoms with Gasteiger partial charge >= 0.3 is 5.97 Å². The van der Waals surface area contributed by atoms with Crippen LogP contribution in [0.5, 0.6) is 11.5 Å². The summed E-state index contributed by atoms with van der Waals surface area (Å²) in [6, 6.07) is 21.5. The molecule has 0 aliphatic carbocycles. The summed E-state index contributed by atoms with van der Waals surface area (Å²) in [6.45, 7) is 1.63. The van der Waals surface area contributed by atoms with E-state index in [1.807, 2.05) is 60.7 Å². The van der Waals surface area contributed by atoms with Gasteiger partial charge in [-0.05, 0) is 54.8 Å². The lowest BCUT2D eigenvalue weighted by Crippen LogP contribution is -2.23. The Hall–Kier alpha value is -2.98. The molecule has 0 atom stereocenters. The van der Waals surface area contributed by atoms with Gasteiger partial charge in [-0.15, -0.1) is 0 Å². The summed E-state index contributed by atoms with van der Waals surface area (Å²) in [5, 5.41) is 0.696. The molecule has 0 amide bonds. The Morgan fingerprint density at radius 3 is 2.66 bits per heavy atom. The van der Waals surface area contributed by atoms with Crippen molar-refractivity contribution in [2.24, 2.45) is 0 Å². The average molecular weight is 408 g/mol. The highest BCUT2D eigenvalue weighted by Gasteiger charge is 2.20. The van der Waals surface area contributed by atoms with Gasteiger partial charge in [-0.25, -0.2) is 4.79 Å². The molecular weight excluding hydrogens is 386 g/mol. The fourth-order valence-electron chi connectivity index (χ4n) is 3.57. The first-order valence-corrected chi connectivity index (χ1v) is 9.99. The lowest BCUT2D eigenvalue weighted by atomic mass is 10.1. The van der Waals surface area contributed by atoms with Gasteiger partial charge in [0.15, 0.2) is 5.75 Å². The lowest BCUT2D eigenvalue weighted by molar-refractivity contribution is 0.0600. The Labute approximate surface area is 175 Å². The zero-order valence-corrected chi connectivity index (χ0v) is 17.0. The molecule has 0 radical (unpaired) electrons. The number of nitrogens with zero attached hydrogens (tertiary/aromatic N) is 1. The van der Waals surface area contributed by atoms with E-state index in [0.29, 0.717) is 10.6 Å². The molecule has 29 heavy (non-hydrogen) atoms. The quantitative estimate of drug-likeness (QED) is 0.495. The number of methoxy groups -OCH3 is 1. The van der Waals surface area contributed by atoms with Crippen molar-refractivity contribution in [1.29, 1.82) is 0 Å². The predicted octanol–water partition coefficient (Wildman–Crippen LogP) is 5.87. The molecule has 4 rings (SSSR count). The lowest BCUT2D eigenvalue weighted by Gasteiger charge is -2.24. The molecule has 0 spiro atoms. The highest BCUT2D eigenvalue weighted by atomic mass is 35.5. The van der Waals surface area contributed by atoms with Gasteiger partial charge in [0.1, 0.15) is 5.75 Å². The van der Waals surface area contributed by atoms with E-state index >= 15 is 0 Å². The van der Waals surface area contributed by atoms with E-state index in [1.165, 1.54) is 12.7 Å². The van der Waals surface area contributed by atoms with Gasteiger partial charge in [0.2, 0.25) is 0 Å². The van der Waals surface area contributed by atoms with E-state index in [-0.39, 0.29) is 5.97 Å². The van der Waals surface area contributed by atoms with Crippen molar-refractivity contribution in [3.63, 3.8) is 0 Å². The SMILES string of the molecule is COC(=O)c1ccc(CCCN2Cc3ccccc3Oc3ccc(Cl)cc32)cc1. The van der Waals surface area contributed by atoms with E-state index in [9.17, 15) is 4.79 Å². The maximum atomic E-state index is 11.6. The summed E-state index contributed by atoms with van der Waals surface area (Å²) in [7, 11) is 1.39. The number of fused-ring (bicyclic) bond motifs is 2. The number of esters is 1. The molecule has 3 aromatic carbocycles. The van der Waals surface area contributed by atoms with Crippen LogP contribution in [0.3, 0.4) is 0 Å². The van der Waals surface area contributed by atoms with Gasteiger partial charge in [-0.1, -0.05) is 41.9 Å². The molecule has 0 saturated heterocycles. The Kier molecular flexibility index (Phi) is 5.72. The van der Waals surface area contributed by atoms with Crippen molar-refractivity contribution in [3.05, 3.63) is 88.4 Å². The Balaban J connectivity index is 1.49. The molecule has 148 valence electrons. The smallest absolute Gasteiger partial charge is 0.337 e. The minimum absolute atomic E-state index is 0.312. The predicted molar refractivity (Wildman–Crippen MR) is 115 cm³/mol. The van der Waals surface area contributed by atoms with Crippen molar-refractivity contribution < 1.29 is 14.3 Å². The summed E-state index contributed by atoms with van der Waals surface area (Å²) < 4.78 is 10.9. The topological polar surface area (TPSA) is 38.8 Å². The second-order valence-corrected chi connectivity index (χ2v) is 7.47. The van der Waals surface area contributed by atoms with Crippen molar-refractivity contribution in [1.82, 2.24) is 0 Å². The number of rotatable bonds is 5. The summed E-state index contributed by atoms with van der Waals surface area (Å²) in [6.07, 6.45) is 1.88. The molecule has 0 aromatic heterocycles. The summed E-state index contributed by atoms with van der Waals surface area (Å²) in [5.41, 5.74) is 3.92. The largest absolute Gasteiger partial charge is 0.465 e. The fourth-order valence-corrected chi connectivity index (χ4v) is 3.73. The Bertz CT molecular complexity index is 1020. The normalized spacial score (nSPS) is 12.4. The van der Waals surface area contributed by atoms with Gasteiger partial charge in [-0.3, -0.25) is 0 Å². The van der Waals surface area contributed by atoms with E-state index in [4.69, 9.17) is 21.1 Å². The van der Waals surface area contributed by atoms with E-state index in [0.717, 1.165) is 48.7 Å². The number of halogens is 1. The van der Waals surface area contributed by atoms with Crippen LogP contribution >= 0.6 is 11.6 Å². The molecule has 1 aliphatic rings. The van der Waals surface area contributed by atoms with Gasteiger partial charge < -0.3 is 14.4 Å². The highest BCUT2D eigenvalue weighted by molar-refractivity contribution is 6.31. The zero-order valence-electron chi connectivity index (χ0n) is 16.2. The molecule has 5 heteroatoms. The number of aryl methyl sites for hydroxylation is 1. The third-order valence-electron chi connectivity index (χ3n) is 5.08. The third kappa shape index (κ3) is 4.38. The van der Waals surface area contributed by atoms with Crippen LogP contribution in [0.2, 0.25) is 5.02 Å². The number of hydrogen-bond donors (Lipinski definition) is 0. The molecule has 0 unspecified atom stereocenters. The minimum Gasteiger partial charge on any atom is -0.465 e. The van der Waals surface area contributed by atoms with Crippen LogP contribution in [0.15, 0.2) is 66.7 Å². The molecule has 0 fully saturated rings. The molecule has 1 heterocycles. The van der Waals surface area contributed by atoms with E-state index < -0.39 is 0 Å². The monoisotopic (exact) mass is 407 g/mol. The molecule has 3 aromatic rings. The molecule has 1 aliphatic heterocycles. The second kappa shape index (κ2) is 8.58. The zero-order chi connectivity index (χ0) is 20.2. The van der Waals surface area contributed by atoms with Gasteiger partial charge in [-0.2, -0.15) is 0 Å². The van der Waals surface area contributed by atoms with Gasteiger partial charge in [0.25, 0.3) is 0 Å². The van der Waals surface area contributed by atoms with Crippen LogP contribution in [0.25, 0.3) is 0 Å². The Morgan fingerprint density at radius 2 is 1.86 bits per heavy atom. The van der Waals surface area contributed by atoms with E-state index in [2.05, 4.69) is 11.0 Å².